The Morgan fingerprint density at radius 2 is 1.47 bits per heavy atom. The van der Waals surface area contributed by atoms with Gasteiger partial charge in [-0.25, -0.2) is 14.6 Å². The molecule has 47 heavy (non-hydrogen) atoms. The minimum absolute atomic E-state index is 0.0374. The second-order valence-corrected chi connectivity index (χ2v) is 12.2. The van der Waals surface area contributed by atoms with Crippen molar-refractivity contribution < 1.29 is 36.2 Å². The highest BCUT2D eigenvalue weighted by Crippen LogP contribution is 2.49. The van der Waals surface area contributed by atoms with Crippen molar-refractivity contribution in [1.29, 1.82) is 0 Å². The van der Waals surface area contributed by atoms with E-state index in [4.69, 9.17) is 5.10 Å². The van der Waals surface area contributed by atoms with E-state index >= 15 is 0 Å². The Morgan fingerprint density at radius 3 is 1.98 bits per heavy atom. The first-order valence-corrected chi connectivity index (χ1v) is 15.2. The Hall–Kier alpha value is -4.46. The SMILES string of the molecule is CC(C)c1nc(N2CCC(c3nn(C(c4ccccc4)c4ccccc4)c4c3[C@@H](C(F)(F)F)[C@H](O)C(=O)N4)CC2)cc(C(F)(F)F)n1. The van der Waals surface area contributed by atoms with Crippen molar-refractivity contribution in [1.82, 2.24) is 19.7 Å². The number of aliphatic hydroxyl groups is 1. The lowest BCUT2D eigenvalue weighted by molar-refractivity contribution is -0.177. The van der Waals surface area contributed by atoms with E-state index < -0.39 is 47.9 Å². The maximum atomic E-state index is 14.7. The maximum absolute atomic E-state index is 14.7. The molecular formula is C33H32F6N6O2. The number of nitrogens with one attached hydrogen (secondary N) is 1. The summed E-state index contributed by atoms with van der Waals surface area (Å²) in [6, 6.07) is 18.2. The van der Waals surface area contributed by atoms with Crippen molar-refractivity contribution in [2.75, 3.05) is 23.3 Å². The molecule has 0 radical (unpaired) electrons. The van der Waals surface area contributed by atoms with Crippen LogP contribution in [0.25, 0.3) is 0 Å². The maximum Gasteiger partial charge on any atom is 0.433 e. The number of hydrogen-bond acceptors (Lipinski definition) is 6. The monoisotopic (exact) mass is 658 g/mol. The fraction of sp³-hybridized carbons (Fsp3) is 0.394. The third kappa shape index (κ3) is 6.30. The van der Waals surface area contributed by atoms with Crippen LogP contribution in [0, 0.1) is 0 Å². The molecule has 6 rings (SSSR count). The highest BCUT2D eigenvalue weighted by molar-refractivity contribution is 5.97. The third-order valence-electron chi connectivity index (χ3n) is 8.68. The summed E-state index contributed by atoms with van der Waals surface area (Å²) >= 11 is 0. The molecule has 0 unspecified atom stereocenters. The molecule has 1 amide bonds. The van der Waals surface area contributed by atoms with Crippen LogP contribution in [0.1, 0.15) is 84.4 Å². The van der Waals surface area contributed by atoms with E-state index in [0.717, 1.165) is 6.07 Å². The summed E-state index contributed by atoms with van der Waals surface area (Å²) < 4.78 is 86.4. The van der Waals surface area contributed by atoms with Gasteiger partial charge >= 0.3 is 12.4 Å². The van der Waals surface area contributed by atoms with Crippen LogP contribution in [-0.2, 0) is 11.0 Å². The minimum Gasteiger partial charge on any atom is -0.382 e. The standard InChI is InChI=1S/C33H32F6N6O2/c1-18(2)29-40-22(32(34,35)36)17-23(41-29)44-15-13-19(14-16-44)26-24-25(33(37,38)39)28(46)31(47)42-30(24)45(43-26)27(20-9-5-3-6-10-20)21-11-7-4-8-12-21/h3-12,17-19,25,27-28,46H,13-16H2,1-2H3,(H,42,47)/t25-,28+/m1/s1. The van der Waals surface area contributed by atoms with Gasteiger partial charge in [-0.3, -0.25) is 4.79 Å². The Bertz CT molecular complexity index is 1690. The van der Waals surface area contributed by atoms with Gasteiger partial charge in [-0.05, 0) is 24.0 Å². The van der Waals surface area contributed by atoms with Crippen LogP contribution in [-0.4, -0.2) is 56.1 Å². The van der Waals surface area contributed by atoms with Crippen molar-refractivity contribution >= 4 is 17.5 Å². The Balaban J connectivity index is 1.43. The number of piperidine rings is 1. The molecule has 2 aromatic heterocycles. The molecule has 8 nitrogen and oxygen atoms in total. The van der Waals surface area contributed by atoms with Crippen LogP contribution < -0.4 is 10.2 Å². The number of aliphatic hydroxyl groups excluding tert-OH is 1. The predicted octanol–water partition coefficient (Wildman–Crippen LogP) is 6.80. The molecule has 248 valence electrons. The first-order valence-electron chi connectivity index (χ1n) is 15.2. The average molecular weight is 659 g/mol. The van der Waals surface area contributed by atoms with E-state index in [1.807, 2.05) is 24.3 Å². The Kier molecular flexibility index (Phi) is 8.49. The smallest absolute Gasteiger partial charge is 0.382 e. The molecule has 0 saturated carbocycles. The molecule has 1 fully saturated rings. The number of anilines is 2. The molecule has 0 bridgehead atoms. The second kappa shape index (κ2) is 12.3. The number of carbonyl (C=O) groups excluding carboxylic acids is 1. The molecule has 2 aliphatic heterocycles. The van der Waals surface area contributed by atoms with Gasteiger partial charge < -0.3 is 15.3 Å². The van der Waals surface area contributed by atoms with Crippen molar-refractivity contribution in [3.8, 4) is 0 Å². The number of hydrogen-bond donors (Lipinski definition) is 2. The van der Waals surface area contributed by atoms with Crippen LogP contribution in [0.2, 0.25) is 0 Å². The summed E-state index contributed by atoms with van der Waals surface area (Å²) in [5.74, 6) is -4.66. The van der Waals surface area contributed by atoms with Gasteiger partial charge in [-0.2, -0.15) is 31.4 Å². The zero-order chi connectivity index (χ0) is 33.7. The van der Waals surface area contributed by atoms with E-state index in [1.165, 1.54) is 4.68 Å². The van der Waals surface area contributed by atoms with Gasteiger partial charge in [0.05, 0.1) is 5.69 Å². The van der Waals surface area contributed by atoms with Crippen molar-refractivity contribution in [3.63, 3.8) is 0 Å². The topological polar surface area (TPSA) is 96.2 Å². The van der Waals surface area contributed by atoms with E-state index in [9.17, 15) is 36.2 Å². The molecule has 2 N–H and O–H groups in total. The summed E-state index contributed by atoms with van der Waals surface area (Å²) in [4.78, 5) is 22.5. The lowest BCUT2D eigenvalue weighted by Crippen LogP contribution is -2.45. The second-order valence-electron chi connectivity index (χ2n) is 12.2. The van der Waals surface area contributed by atoms with Crippen LogP contribution in [0.3, 0.4) is 0 Å². The van der Waals surface area contributed by atoms with E-state index in [0.29, 0.717) is 11.1 Å². The van der Waals surface area contributed by atoms with Gasteiger partial charge in [0, 0.05) is 36.6 Å². The first kappa shape index (κ1) is 32.5. The number of rotatable bonds is 6. The highest BCUT2D eigenvalue weighted by atomic mass is 19.4. The summed E-state index contributed by atoms with van der Waals surface area (Å²) in [6.07, 6.45) is -11.6. The highest BCUT2D eigenvalue weighted by Gasteiger charge is 2.55. The van der Waals surface area contributed by atoms with E-state index in [1.54, 1.807) is 55.1 Å². The number of alkyl halides is 6. The third-order valence-corrected chi connectivity index (χ3v) is 8.68. The van der Waals surface area contributed by atoms with Crippen molar-refractivity contribution in [3.05, 3.63) is 101 Å². The van der Waals surface area contributed by atoms with Crippen LogP contribution >= 0.6 is 0 Å². The van der Waals surface area contributed by atoms with Gasteiger partial charge in [-0.15, -0.1) is 0 Å². The molecule has 14 heteroatoms. The summed E-state index contributed by atoms with van der Waals surface area (Å²) in [5.41, 5.74) is 0.133. The van der Waals surface area contributed by atoms with E-state index in [-0.39, 0.29) is 60.6 Å². The molecular weight excluding hydrogens is 626 g/mol. The average Bonchev–Trinajstić information content (AvgIpc) is 3.39. The predicted molar refractivity (Wildman–Crippen MR) is 161 cm³/mol. The molecule has 0 spiro atoms. The Labute approximate surface area is 266 Å². The number of carbonyl (C=O) groups is 1. The van der Waals surface area contributed by atoms with Crippen LogP contribution in [0.15, 0.2) is 66.7 Å². The van der Waals surface area contributed by atoms with Crippen molar-refractivity contribution in [2.24, 2.45) is 0 Å². The van der Waals surface area contributed by atoms with Gasteiger partial charge in [0.1, 0.15) is 41.2 Å². The zero-order valence-electron chi connectivity index (χ0n) is 25.4. The molecule has 4 aromatic rings. The zero-order valence-corrected chi connectivity index (χ0v) is 25.4. The van der Waals surface area contributed by atoms with E-state index in [2.05, 4.69) is 15.3 Å². The first-order chi connectivity index (χ1) is 22.2. The fourth-order valence-electron chi connectivity index (χ4n) is 6.37. The van der Waals surface area contributed by atoms with Gasteiger partial charge in [0.2, 0.25) is 0 Å². The quantitative estimate of drug-likeness (QED) is 0.222. The minimum atomic E-state index is -4.98. The van der Waals surface area contributed by atoms with Crippen LogP contribution in [0.5, 0.6) is 0 Å². The summed E-state index contributed by atoms with van der Waals surface area (Å²) in [7, 11) is 0. The van der Waals surface area contributed by atoms with Gasteiger partial charge in [0.25, 0.3) is 5.91 Å². The summed E-state index contributed by atoms with van der Waals surface area (Å²) in [5, 5.41) is 17.9. The molecule has 4 heterocycles. The number of benzene rings is 2. The number of amides is 1. The molecule has 2 atom stereocenters. The number of aromatic nitrogens is 4. The summed E-state index contributed by atoms with van der Waals surface area (Å²) in [6.45, 7) is 3.75. The lowest BCUT2D eigenvalue weighted by atomic mass is 9.82. The Morgan fingerprint density at radius 1 is 0.894 bits per heavy atom. The van der Waals surface area contributed by atoms with Crippen molar-refractivity contribution in [2.45, 2.75) is 68.9 Å². The fourth-order valence-corrected chi connectivity index (χ4v) is 6.37. The molecule has 2 aromatic carbocycles. The number of halogens is 6. The van der Waals surface area contributed by atoms with Gasteiger partial charge in [-0.1, -0.05) is 74.5 Å². The molecule has 0 aliphatic carbocycles. The number of fused-ring (bicyclic) bond motifs is 1. The van der Waals surface area contributed by atoms with Crippen LogP contribution in [0.4, 0.5) is 38.0 Å². The molecule has 1 saturated heterocycles. The largest absolute Gasteiger partial charge is 0.433 e. The molecule has 2 aliphatic rings. The number of nitrogens with zero attached hydrogens (tertiary/aromatic N) is 5. The lowest BCUT2D eigenvalue weighted by Gasteiger charge is -2.35. The van der Waals surface area contributed by atoms with Gasteiger partial charge in [0.15, 0.2) is 0 Å². The normalized spacial score (nSPS) is 19.3.